The number of amides is 1. The molecule has 2 N–H and O–H groups in total. The van der Waals surface area contributed by atoms with Gasteiger partial charge in [0.1, 0.15) is 0 Å². The number of carbonyl (C=O) groups excluding carboxylic acids is 1. The van der Waals surface area contributed by atoms with Crippen LogP contribution in [0.25, 0.3) is 0 Å². The number of halogens is 3. The predicted octanol–water partition coefficient (Wildman–Crippen LogP) is 2.60. The van der Waals surface area contributed by atoms with Gasteiger partial charge in [0.25, 0.3) is 3.79 Å². The Hall–Kier alpha value is -0.680. The topological polar surface area (TPSA) is 58.6 Å². The molecule has 0 aliphatic heterocycles. The predicted molar refractivity (Wildman–Crippen MR) is 66.1 cm³/mol. The van der Waals surface area contributed by atoms with Gasteiger partial charge in [-0.05, 0) is 5.56 Å². The summed E-state index contributed by atoms with van der Waals surface area (Å²) in [7, 11) is 0. The Morgan fingerprint density at radius 3 is 2.47 bits per heavy atom. The summed E-state index contributed by atoms with van der Waals surface area (Å²) in [6.45, 7) is 0.256. The summed E-state index contributed by atoms with van der Waals surface area (Å²) >= 11 is 16.0. The fourth-order valence-electron chi connectivity index (χ4n) is 0.980. The lowest BCUT2D eigenvalue weighted by atomic mass is 10.2. The summed E-state index contributed by atoms with van der Waals surface area (Å²) in [6, 6.07) is 9.17. The maximum atomic E-state index is 11.2. The van der Waals surface area contributed by atoms with Crippen LogP contribution in [0.1, 0.15) is 5.56 Å². The molecule has 0 radical (unpaired) electrons. The molecule has 1 amide bonds. The van der Waals surface area contributed by atoms with Crippen LogP contribution in [0.4, 0.5) is 4.79 Å². The molecule has 1 unspecified atom stereocenters. The van der Waals surface area contributed by atoms with Gasteiger partial charge >= 0.3 is 6.09 Å². The molecule has 7 heteroatoms. The lowest BCUT2D eigenvalue weighted by Gasteiger charge is -2.18. The van der Waals surface area contributed by atoms with Gasteiger partial charge in [0.2, 0.25) is 6.29 Å². The third-order valence-corrected chi connectivity index (χ3v) is 2.34. The van der Waals surface area contributed by atoms with Gasteiger partial charge in [-0.1, -0.05) is 65.1 Å². The van der Waals surface area contributed by atoms with E-state index in [1.165, 1.54) is 0 Å². The Balaban J connectivity index is 2.36. The van der Waals surface area contributed by atoms with Crippen molar-refractivity contribution in [3.8, 4) is 0 Å². The molecule has 0 fully saturated rings. The zero-order chi connectivity index (χ0) is 12.9. The SMILES string of the molecule is O=C(NCc1ccccc1)OC(O)C(Cl)(Cl)Cl. The maximum absolute atomic E-state index is 11.2. The summed E-state index contributed by atoms with van der Waals surface area (Å²) in [5.41, 5.74) is 0.882. The van der Waals surface area contributed by atoms with E-state index in [4.69, 9.17) is 34.8 Å². The van der Waals surface area contributed by atoms with E-state index in [1.807, 2.05) is 30.3 Å². The lowest BCUT2D eigenvalue weighted by Crippen LogP contribution is -2.35. The van der Waals surface area contributed by atoms with E-state index in [0.717, 1.165) is 5.56 Å². The third-order valence-electron chi connectivity index (χ3n) is 1.78. The Morgan fingerprint density at radius 2 is 1.94 bits per heavy atom. The van der Waals surface area contributed by atoms with Crippen molar-refractivity contribution in [2.24, 2.45) is 0 Å². The molecule has 94 valence electrons. The summed E-state index contributed by atoms with van der Waals surface area (Å²) < 4.78 is 2.38. The first kappa shape index (κ1) is 14.4. The molecule has 0 aliphatic rings. The van der Waals surface area contributed by atoms with Gasteiger partial charge in [-0.25, -0.2) is 4.79 Å². The quantitative estimate of drug-likeness (QED) is 0.666. The van der Waals surface area contributed by atoms with Gasteiger partial charge < -0.3 is 15.2 Å². The van der Waals surface area contributed by atoms with Crippen LogP contribution < -0.4 is 5.32 Å². The van der Waals surface area contributed by atoms with Gasteiger partial charge in [-0.15, -0.1) is 0 Å². The summed E-state index contributed by atoms with van der Waals surface area (Å²) in [4.78, 5) is 11.2. The average Bonchev–Trinajstić information content (AvgIpc) is 2.26. The van der Waals surface area contributed by atoms with Gasteiger partial charge in [0.05, 0.1) is 0 Å². The number of nitrogens with one attached hydrogen (secondary N) is 1. The first-order valence-electron chi connectivity index (χ1n) is 4.63. The summed E-state index contributed by atoms with van der Waals surface area (Å²) in [5.74, 6) is 0. The highest BCUT2D eigenvalue weighted by Gasteiger charge is 2.34. The van der Waals surface area contributed by atoms with Crippen LogP contribution >= 0.6 is 34.8 Å². The van der Waals surface area contributed by atoms with Gasteiger partial charge in [0.15, 0.2) is 0 Å². The number of alkyl carbamates (subject to hydrolysis) is 1. The monoisotopic (exact) mass is 297 g/mol. The number of benzene rings is 1. The number of hydrogen-bond donors (Lipinski definition) is 2. The van der Waals surface area contributed by atoms with E-state index in [0.29, 0.717) is 0 Å². The number of rotatable bonds is 3. The van der Waals surface area contributed by atoms with Gasteiger partial charge in [-0.3, -0.25) is 0 Å². The number of hydrogen-bond acceptors (Lipinski definition) is 3. The van der Waals surface area contributed by atoms with Crippen molar-refractivity contribution in [3.05, 3.63) is 35.9 Å². The molecule has 0 saturated carbocycles. The highest BCUT2D eigenvalue weighted by molar-refractivity contribution is 6.67. The molecule has 0 heterocycles. The van der Waals surface area contributed by atoms with Crippen LogP contribution in [0, 0.1) is 0 Å². The second-order valence-electron chi connectivity index (χ2n) is 3.14. The molecule has 0 aliphatic carbocycles. The summed E-state index contributed by atoms with van der Waals surface area (Å²) in [5, 5.41) is 11.6. The zero-order valence-corrected chi connectivity index (χ0v) is 10.8. The molecule has 1 atom stereocenters. The molecule has 1 aromatic rings. The first-order chi connectivity index (χ1) is 7.89. The van der Waals surface area contributed by atoms with Crippen LogP contribution in [0.5, 0.6) is 0 Å². The third kappa shape index (κ3) is 5.46. The Bertz CT molecular complexity index is 367. The van der Waals surface area contributed by atoms with Crippen molar-refractivity contribution < 1.29 is 14.6 Å². The van der Waals surface area contributed by atoms with Crippen molar-refractivity contribution in [1.82, 2.24) is 5.32 Å². The molecule has 17 heavy (non-hydrogen) atoms. The fourth-order valence-corrected chi connectivity index (χ4v) is 1.11. The van der Waals surface area contributed by atoms with Crippen LogP contribution in [0.15, 0.2) is 30.3 Å². The molecular formula is C10H10Cl3NO3. The molecule has 0 spiro atoms. The normalized spacial score (nSPS) is 12.9. The Kier molecular flexibility index (Phi) is 5.33. The number of carbonyl (C=O) groups is 1. The zero-order valence-electron chi connectivity index (χ0n) is 8.57. The lowest BCUT2D eigenvalue weighted by molar-refractivity contribution is -0.0482. The minimum absolute atomic E-state index is 0.256. The number of alkyl halides is 3. The second kappa shape index (κ2) is 6.31. The second-order valence-corrected chi connectivity index (χ2v) is 5.51. The fraction of sp³-hybridized carbons (Fsp3) is 0.300. The van der Waals surface area contributed by atoms with Crippen LogP contribution in [-0.2, 0) is 11.3 Å². The molecule has 1 aromatic carbocycles. The number of ether oxygens (including phenoxy) is 1. The van der Waals surface area contributed by atoms with E-state index in [2.05, 4.69) is 10.1 Å². The standard InChI is InChI=1S/C10H10Cl3NO3/c11-10(12,13)8(15)17-9(16)14-6-7-4-2-1-3-5-7/h1-5,8,15H,6H2,(H,14,16). The van der Waals surface area contributed by atoms with E-state index in [-0.39, 0.29) is 6.54 Å². The van der Waals surface area contributed by atoms with E-state index in [1.54, 1.807) is 0 Å². The molecule has 4 nitrogen and oxygen atoms in total. The van der Waals surface area contributed by atoms with Crippen molar-refractivity contribution in [1.29, 1.82) is 0 Å². The smallest absolute Gasteiger partial charge is 0.409 e. The minimum atomic E-state index is -2.07. The molecule has 0 saturated heterocycles. The van der Waals surface area contributed by atoms with Crippen molar-refractivity contribution in [2.45, 2.75) is 16.6 Å². The van der Waals surface area contributed by atoms with Crippen molar-refractivity contribution in [3.63, 3.8) is 0 Å². The Morgan fingerprint density at radius 1 is 1.35 bits per heavy atom. The minimum Gasteiger partial charge on any atom is -0.415 e. The van der Waals surface area contributed by atoms with E-state index >= 15 is 0 Å². The van der Waals surface area contributed by atoms with Crippen molar-refractivity contribution in [2.75, 3.05) is 0 Å². The molecule has 1 rings (SSSR count). The van der Waals surface area contributed by atoms with Crippen molar-refractivity contribution >= 4 is 40.9 Å². The molecular weight excluding hydrogens is 288 g/mol. The largest absolute Gasteiger partial charge is 0.415 e. The van der Waals surface area contributed by atoms with Crippen LogP contribution in [0.3, 0.4) is 0 Å². The highest BCUT2D eigenvalue weighted by atomic mass is 35.6. The maximum Gasteiger partial charge on any atom is 0.409 e. The summed E-state index contributed by atoms with van der Waals surface area (Å²) in [6.07, 6.45) is -2.68. The van der Waals surface area contributed by atoms with Crippen LogP contribution in [-0.4, -0.2) is 21.3 Å². The molecule has 0 aromatic heterocycles. The first-order valence-corrected chi connectivity index (χ1v) is 5.76. The van der Waals surface area contributed by atoms with Gasteiger partial charge in [-0.2, -0.15) is 0 Å². The van der Waals surface area contributed by atoms with E-state index < -0.39 is 16.2 Å². The average molecular weight is 299 g/mol. The van der Waals surface area contributed by atoms with Gasteiger partial charge in [0, 0.05) is 6.54 Å². The number of aliphatic hydroxyl groups is 1. The number of aliphatic hydroxyl groups excluding tert-OH is 1. The molecule has 0 bridgehead atoms. The van der Waals surface area contributed by atoms with E-state index in [9.17, 15) is 9.90 Å². The Labute approximate surface area is 113 Å². The van der Waals surface area contributed by atoms with Crippen LogP contribution in [0.2, 0.25) is 0 Å². The highest BCUT2D eigenvalue weighted by Crippen LogP contribution is 2.30.